The van der Waals surface area contributed by atoms with Gasteiger partial charge in [-0.25, -0.2) is 31.9 Å². The third-order valence-corrected chi connectivity index (χ3v) is 21.3. The lowest BCUT2D eigenvalue weighted by atomic mass is 10.0. The number of aliphatic carboxylic acids is 2. The largest absolute Gasteiger partial charge is 0.481 e. The van der Waals surface area contributed by atoms with E-state index in [9.17, 15) is 74.4 Å². The molecule has 0 bridgehead atoms. The molecule has 3 aliphatic heterocycles. The van der Waals surface area contributed by atoms with Gasteiger partial charge in [0.2, 0.25) is 61.4 Å². The van der Waals surface area contributed by atoms with Crippen LogP contribution in [0.4, 0.5) is 5.69 Å². The van der Waals surface area contributed by atoms with Crippen molar-refractivity contribution in [2.75, 3.05) is 242 Å². The number of nitrogens with zero attached hydrogens (tertiary/aromatic N) is 5. The summed E-state index contributed by atoms with van der Waals surface area (Å²) < 4.78 is 119. The quantitative estimate of drug-likeness (QED) is 0.0173. The lowest BCUT2D eigenvalue weighted by Crippen LogP contribution is -2.57. The van der Waals surface area contributed by atoms with Gasteiger partial charge in [-0.1, -0.05) is 12.1 Å². The van der Waals surface area contributed by atoms with Gasteiger partial charge < -0.3 is 113 Å². The van der Waals surface area contributed by atoms with E-state index in [1.807, 2.05) is 0 Å². The van der Waals surface area contributed by atoms with E-state index in [1.54, 1.807) is 4.90 Å². The van der Waals surface area contributed by atoms with Crippen LogP contribution in [0.5, 0.6) is 0 Å². The predicted octanol–water partition coefficient (Wildman–Crippen LogP) is -3.68. The lowest BCUT2D eigenvalue weighted by Gasteiger charge is -2.34. The van der Waals surface area contributed by atoms with Crippen molar-refractivity contribution >= 4 is 109 Å². The highest BCUT2D eigenvalue weighted by molar-refractivity contribution is 7.89. The fraction of sp³-hybridized carbons (Fsp3) is 0.688. The minimum absolute atomic E-state index is 0.0497. The van der Waals surface area contributed by atoms with E-state index in [2.05, 4.69) is 33.9 Å². The zero-order valence-corrected chi connectivity index (χ0v) is 72.1. The minimum atomic E-state index is -4.01. The number of ketones is 2. The molecule has 694 valence electrons. The number of ether oxygens (including phenoxy) is 13. The number of likely N-dealkylation sites (tertiary alicyclic amines) is 3. The molecule has 0 radical (unpaired) electrons. The number of nitrogens with two attached hydrogens (primary N) is 3. The molecule has 3 heterocycles. The maximum Gasteiger partial charge on any atom is 0.327 e. The Labute approximate surface area is 721 Å². The smallest absolute Gasteiger partial charge is 0.327 e. The first-order valence-corrected chi connectivity index (χ1v) is 44.3. The Hall–Kier alpha value is -7.95. The van der Waals surface area contributed by atoms with E-state index in [0.29, 0.717) is 196 Å². The van der Waals surface area contributed by atoms with E-state index in [1.165, 1.54) is 75.2 Å². The number of rotatable bonds is 69. The van der Waals surface area contributed by atoms with Crippen molar-refractivity contribution in [3.8, 4) is 0 Å². The highest BCUT2D eigenvalue weighted by Crippen LogP contribution is 2.30. The fourth-order valence-electron chi connectivity index (χ4n) is 12.8. The first-order chi connectivity index (χ1) is 59.0. The molecule has 2 aromatic rings. The van der Waals surface area contributed by atoms with Crippen LogP contribution in [0.2, 0.25) is 0 Å². The summed E-state index contributed by atoms with van der Waals surface area (Å²) in [6.45, 7) is 7.09. The van der Waals surface area contributed by atoms with Crippen LogP contribution in [0.1, 0.15) is 69.8 Å². The lowest BCUT2D eigenvalue weighted by molar-refractivity contribution is -0.150. The summed E-state index contributed by atoms with van der Waals surface area (Å²) in [4.78, 5) is 164. The highest BCUT2D eigenvalue weighted by atomic mass is 32.2. The first-order valence-electron chi connectivity index (χ1n) is 40.6. The van der Waals surface area contributed by atoms with Gasteiger partial charge in [-0.2, -0.15) is 12.6 Å². The standard InChI is InChI=1S/C77H122N12O31S3/c1-108-72(97)54-86(52-69(93)82-57-12-16-60(17-13-57)123(80,106)107)23-22-85(51-58(90)48-56-10-14-59(15-11-56)122(79,104)105)53-70(94)87-19-3-7-65(87)75(100)89-21-4-8-66(89)76(101)88-20-2-6-64(88)67(91)9-5-24-109-26-28-111-30-32-113-34-36-115-38-40-117-42-44-119-46-47-120-45-43-118-41-39-116-37-35-114-33-31-112-29-27-110-25-18-68(92)81-50-61(78)73(98)83-62(49-71(95)96)74(99)84-63(55-121)77(102)103/h10-17,61-66,121H,2-9,18-55,78H2,1H3,(H,81,92)(H,82,93)(H,83,98)(H,84,99)(H,95,96)(H,102,103)(H2,79,104,105)(H2,80,106,107)/t61-,62-,63-,64?,65-,66-/m0/s1. The van der Waals surface area contributed by atoms with Crippen molar-refractivity contribution < 1.29 is 146 Å². The molecule has 7 amide bonds. The summed E-state index contributed by atoms with van der Waals surface area (Å²) in [5.74, 6) is -8.57. The molecule has 0 spiro atoms. The number of hydrogen-bond donors (Lipinski definition) is 10. The summed E-state index contributed by atoms with van der Waals surface area (Å²) >= 11 is 3.83. The van der Waals surface area contributed by atoms with Crippen LogP contribution in [0.15, 0.2) is 58.3 Å². The third-order valence-electron chi connectivity index (χ3n) is 19.1. The van der Waals surface area contributed by atoms with E-state index in [-0.39, 0.29) is 137 Å². The van der Waals surface area contributed by atoms with Gasteiger partial charge in [0, 0.05) is 76.6 Å². The molecule has 1 unspecified atom stereocenters. The normalized spacial score (nSPS) is 16.2. The van der Waals surface area contributed by atoms with E-state index < -0.39 is 116 Å². The van der Waals surface area contributed by atoms with E-state index in [4.69, 9.17) is 87.8 Å². The number of carbonyl (C=O) groups excluding carboxylic acids is 10. The summed E-state index contributed by atoms with van der Waals surface area (Å²) in [6.07, 6.45) is 2.32. The molecule has 43 nitrogen and oxygen atoms in total. The van der Waals surface area contributed by atoms with Crippen LogP contribution in [0, 0.1) is 0 Å². The maximum atomic E-state index is 14.6. The van der Waals surface area contributed by atoms with Crippen molar-refractivity contribution in [3.05, 3.63) is 54.1 Å². The molecular formula is C77H122N12O31S3. The number of hydrogen-bond acceptors (Lipinski definition) is 33. The number of carbonyl (C=O) groups is 12. The molecule has 6 atom stereocenters. The molecule has 123 heavy (non-hydrogen) atoms. The summed E-state index contributed by atoms with van der Waals surface area (Å²) in [7, 11) is -6.86. The number of Topliss-reactive ketones (excluding diaryl/α,β-unsaturated/α-hetero) is 2. The van der Waals surface area contributed by atoms with Gasteiger partial charge >= 0.3 is 17.9 Å². The van der Waals surface area contributed by atoms with Gasteiger partial charge in [0.15, 0.2) is 11.6 Å². The van der Waals surface area contributed by atoms with Crippen LogP contribution in [-0.4, -0.2) is 395 Å². The average Bonchev–Trinajstić information content (AvgIpc) is 1.65. The second-order valence-electron chi connectivity index (χ2n) is 28.5. The number of esters is 1. The molecule has 0 saturated carbocycles. The zero-order valence-electron chi connectivity index (χ0n) is 69.6. The SMILES string of the molecule is COC(=O)CN(CCN(CC(=O)Cc1ccc(S(N)(=O)=O)cc1)CC(=O)N1CCC[C@H]1C(=O)N1CCC[C@H]1C(=O)N1CCCC1C(=O)CCCOCCOCCOCCOCCOCCOCCOCCOCCOCCOCCOCCOCCC(=O)NC[C@H](N)C(=O)N[C@@H](CC(=O)O)C(=O)N[C@@H](CS)C(=O)O)CC(=O)Nc1ccc(S(N)(=O)=O)cc1. The van der Waals surface area contributed by atoms with Crippen molar-refractivity contribution in [3.63, 3.8) is 0 Å². The number of carboxylic acid groups (broad SMARTS) is 2. The Kier molecular flexibility index (Phi) is 51.4. The summed E-state index contributed by atoms with van der Waals surface area (Å²) in [6, 6.07) is 3.71. The molecule has 0 aliphatic carbocycles. The van der Waals surface area contributed by atoms with E-state index in [0.717, 1.165) is 0 Å². The molecule has 3 saturated heterocycles. The number of sulfonamides is 2. The second kappa shape index (κ2) is 59.9. The van der Waals surface area contributed by atoms with Crippen molar-refractivity contribution in [1.82, 2.24) is 40.4 Å². The number of carboxylic acids is 2. The number of benzene rings is 2. The van der Waals surface area contributed by atoms with Gasteiger partial charge in [0.25, 0.3) is 0 Å². The summed E-state index contributed by atoms with van der Waals surface area (Å²) in [5, 5.41) is 38.0. The van der Waals surface area contributed by atoms with Gasteiger partial charge in [0.05, 0.1) is 208 Å². The topological polar surface area (TPSA) is 576 Å². The molecule has 5 rings (SSSR count). The predicted molar refractivity (Wildman–Crippen MR) is 439 cm³/mol. The Bertz CT molecular complexity index is 3830. The molecule has 0 aromatic heterocycles. The maximum absolute atomic E-state index is 14.6. The van der Waals surface area contributed by atoms with Gasteiger partial charge in [-0.05, 0) is 86.9 Å². The van der Waals surface area contributed by atoms with Crippen LogP contribution in [0.25, 0.3) is 0 Å². The van der Waals surface area contributed by atoms with E-state index >= 15 is 0 Å². The van der Waals surface area contributed by atoms with Crippen molar-refractivity contribution in [2.24, 2.45) is 16.0 Å². The molecule has 3 fully saturated rings. The highest BCUT2D eigenvalue weighted by Gasteiger charge is 2.46. The Balaban J connectivity index is 0.824. The average molecular weight is 1810 g/mol. The number of methoxy groups -OCH3 is 1. The van der Waals surface area contributed by atoms with Gasteiger partial charge in [-0.15, -0.1) is 0 Å². The summed E-state index contributed by atoms with van der Waals surface area (Å²) in [5.41, 5.74) is 6.48. The van der Waals surface area contributed by atoms with Crippen LogP contribution in [-0.2, 0) is 146 Å². The Morgan fingerprint density at radius 1 is 0.488 bits per heavy atom. The van der Waals surface area contributed by atoms with Crippen LogP contribution >= 0.6 is 12.6 Å². The molecule has 12 N–H and O–H groups in total. The van der Waals surface area contributed by atoms with Gasteiger partial charge in [-0.3, -0.25) is 62.5 Å². The third kappa shape index (κ3) is 43.2. The van der Waals surface area contributed by atoms with Crippen LogP contribution < -0.4 is 37.3 Å². The Morgan fingerprint density at radius 2 is 0.886 bits per heavy atom. The Morgan fingerprint density at radius 3 is 1.32 bits per heavy atom. The molecule has 46 heteroatoms. The molecular weight excluding hydrogens is 1690 g/mol. The number of primary sulfonamides is 2. The fourth-order valence-corrected chi connectivity index (χ4v) is 14.1. The second-order valence-corrected chi connectivity index (χ2v) is 32.0. The number of nitrogens with one attached hydrogen (secondary N) is 4. The molecule has 2 aromatic carbocycles. The van der Waals surface area contributed by atoms with Crippen molar-refractivity contribution in [1.29, 1.82) is 0 Å². The van der Waals surface area contributed by atoms with Gasteiger partial charge in [0.1, 0.15) is 30.2 Å². The zero-order chi connectivity index (χ0) is 89.8. The number of amides is 7. The van der Waals surface area contributed by atoms with Crippen LogP contribution in [0.3, 0.4) is 0 Å². The number of thiol groups is 1. The molecule has 3 aliphatic rings. The monoisotopic (exact) mass is 1810 g/mol. The van der Waals surface area contributed by atoms with Crippen molar-refractivity contribution in [2.45, 2.75) is 117 Å². The number of anilines is 1. The first kappa shape index (κ1) is 106. The minimum Gasteiger partial charge on any atom is -0.481 e.